The van der Waals surface area contributed by atoms with Gasteiger partial charge in [-0.1, -0.05) is 0 Å². The van der Waals surface area contributed by atoms with Crippen molar-refractivity contribution in [2.45, 2.75) is 19.1 Å². The topological polar surface area (TPSA) is 61.3 Å². The normalized spacial score (nSPS) is 17.3. The van der Waals surface area contributed by atoms with E-state index >= 15 is 0 Å². The minimum atomic E-state index is -0.327. The van der Waals surface area contributed by atoms with E-state index in [0.717, 1.165) is 35.9 Å². The molecule has 1 aliphatic rings. The number of hydrogen-bond acceptors (Lipinski definition) is 5. The molecule has 0 aliphatic carbocycles. The molecular weight excluding hydrogens is 303 g/mol. The number of aliphatic hydroxyl groups is 1. The second-order valence-corrected chi connectivity index (χ2v) is 8.27. The van der Waals surface area contributed by atoms with E-state index in [1.165, 1.54) is 5.69 Å². The van der Waals surface area contributed by atoms with Crippen LogP contribution in [0.1, 0.15) is 13.8 Å². The van der Waals surface area contributed by atoms with Crippen molar-refractivity contribution in [3.8, 4) is 0 Å². The summed E-state index contributed by atoms with van der Waals surface area (Å²) in [7, 11) is 0. The molecule has 106 valence electrons. The Morgan fingerprint density at radius 2 is 2.16 bits per heavy atom. The van der Waals surface area contributed by atoms with Crippen molar-refractivity contribution in [2.24, 2.45) is 5.41 Å². The fourth-order valence-electron chi connectivity index (χ4n) is 1.92. The third-order valence-corrected chi connectivity index (χ3v) is 6.95. The molecule has 2 N–H and O–H groups in total. The van der Waals surface area contributed by atoms with Crippen LogP contribution >= 0.6 is 0 Å². The Labute approximate surface area is 121 Å². The number of piperazine rings is 1. The Morgan fingerprint density at radius 3 is 2.84 bits per heavy atom. The number of rotatable bonds is 5. The Morgan fingerprint density at radius 1 is 1.42 bits per heavy atom. The first kappa shape index (κ1) is 14.8. The molecule has 0 aromatic carbocycles. The van der Waals surface area contributed by atoms with Crippen LogP contribution in [0.3, 0.4) is 0 Å². The van der Waals surface area contributed by atoms with E-state index < -0.39 is 0 Å². The first-order valence-electron chi connectivity index (χ1n) is 6.74. The number of anilines is 1. The maximum atomic E-state index is 9.30. The second-order valence-electron chi connectivity index (χ2n) is 5.71. The summed E-state index contributed by atoms with van der Waals surface area (Å²) in [6.07, 6.45) is 1.86. The van der Waals surface area contributed by atoms with Gasteiger partial charge in [-0.3, -0.25) is 0 Å². The van der Waals surface area contributed by atoms with Crippen LogP contribution in [-0.2, 0) is 0 Å². The van der Waals surface area contributed by atoms with Crippen LogP contribution in [0.5, 0.6) is 0 Å². The molecule has 2 heterocycles. The van der Waals surface area contributed by atoms with Crippen LogP contribution in [0.4, 0.5) is 5.69 Å². The summed E-state index contributed by atoms with van der Waals surface area (Å²) in [5.41, 5.74) is 1.20. The standard InChI is InChI=1S/C13H23AsN4O/c1-13(2,10-19)9-14-12-7-11(8-16-17-12)18-5-3-15-4-6-18/h7-8,14-15,19H,3-6,9-10H2,1-2H3. The summed E-state index contributed by atoms with van der Waals surface area (Å²) in [6.45, 7) is 8.58. The summed E-state index contributed by atoms with van der Waals surface area (Å²) in [4.78, 5) is 2.36. The van der Waals surface area contributed by atoms with Crippen molar-refractivity contribution in [3.05, 3.63) is 12.3 Å². The molecule has 1 saturated heterocycles. The molecule has 1 aromatic heterocycles. The zero-order valence-electron chi connectivity index (χ0n) is 11.7. The summed E-state index contributed by atoms with van der Waals surface area (Å²) in [5, 5.41) is 22.1. The molecule has 1 fully saturated rings. The minimum absolute atomic E-state index is 0.00668. The van der Waals surface area contributed by atoms with Crippen molar-refractivity contribution in [1.29, 1.82) is 0 Å². The molecule has 0 spiro atoms. The maximum absolute atomic E-state index is 9.30. The van der Waals surface area contributed by atoms with E-state index in [0.29, 0.717) is 0 Å². The second kappa shape index (κ2) is 6.69. The number of hydrogen-bond donors (Lipinski definition) is 2. The fraction of sp³-hybridized carbons (Fsp3) is 0.692. The Bertz CT molecular complexity index is 407. The molecule has 1 aliphatic heterocycles. The van der Waals surface area contributed by atoms with Gasteiger partial charge in [-0.25, -0.2) is 0 Å². The molecule has 0 radical (unpaired) electrons. The summed E-state index contributed by atoms with van der Waals surface area (Å²) in [6, 6.07) is 2.19. The molecule has 6 heteroatoms. The molecule has 1 atom stereocenters. The van der Waals surface area contributed by atoms with Crippen LogP contribution < -0.4 is 14.7 Å². The average molecular weight is 326 g/mol. The van der Waals surface area contributed by atoms with Crippen LogP contribution in [-0.4, -0.2) is 63.8 Å². The molecule has 1 aromatic rings. The van der Waals surface area contributed by atoms with Crippen molar-refractivity contribution < 1.29 is 5.11 Å². The predicted octanol–water partition coefficient (Wildman–Crippen LogP) is -0.615. The van der Waals surface area contributed by atoms with Crippen LogP contribution in [0.2, 0.25) is 5.21 Å². The van der Waals surface area contributed by atoms with Crippen molar-refractivity contribution in [2.75, 3.05) is 37.7 Å². The monoisotopic (exact) mass is 326 g/mol. The molecule has 5 nitrogen and oxygen atoms in total. The van der Waals surface area contributed by atoms with Gasteiger partial charge in [0.1, 0.15) is 0 Å². The predicted molar refractivity (Wildman–Crippen MR) is 79.6 cm³/mol. The van der Waals surface area contributed by atoms with Crippen LogP contribution in [0.15, 0.2) is 12.3 Å². The van der Waals surface area contributed by atoms with Gasteiger partial charge in [0.05, 0.1) is 0 Å². The van der Waals surface area contributed by atoms with Gasteiger partial charge < -0.3 is 0 Å². The van der Waals surface area contributed by atoms with Crippen molar-refractivity contribution in [3.63, 3.8) is 0 Å². The quantitative estimate of drug-likeness (QED) is 0.707. The molecule has 0 amide bonds. The third kappa shape index (κ3) is 4.44. The van der Waals surface area contributed by atoms with E-state index in [1.807, 2.05) is 6.20 Å². The van der Waals surface area contributed by atoms with E-state index in [4.69, 9.17) is 0 Å². The zero-order chi connectivity index (χ0) is 13.7. The number of nitrogens with zero attached hydrogens (tertiary/aromatic N) is 3. The Kier molecular flexibility index (Phi) is 5.19. The zero-order valence-corrected chi connectivity index (χ0v) is 13.8. The molecule has 0 saturated carbocycles. The summed E-state index contributed by atoms with van der Waals surface area (Å²) in [5.74, 6) is 0. The summed E-state index contributed by atoms with van der Waals surface area (Å²) >= 11 is -0.327. The van der Waals surface area contributed by atoms with Gasteiger partial charge in [-0.2, -0.15) is 0 Å². The van der Waals surface area contributed by atoms with Gasteiger partial charge in [0, 0.05) is 0 Å². The third-order valence-electron chi connectivity index (χ3n) is 3.30. The average Bonchev–Trinajstić information content (AvgIpc) is 2.47. The Hall–Kier alpha value is -0.642. The van der Waals surface area contributed by atoms with E-state index in [9.17, 15) is 5.11 Å². The first-order valence-corrected chi connectivity index (χ1v) is 9.27. The molecule has 1 unspecified atom stereocenters. The number of aromatic nitrogens is 2. The van der Waals surface area contributed by atoms with Gasteiger partial charge in [0.2, 0.25) is 0 Å². The van der Waals surface area contributed by atoms with Crippen LogP contribution in [0, 0.1) is 5.41 Å². The molecule has 19 heavy (non-hydrogen) atoms. The van der Waals surface area contributed by atoms with Crippen molar-refractivity contribution in [1.82, 2.24) is 15.5 Å². The van der Waals surface area contributed by atoms with E-state index in [2.05, 4.69) is 40.3 Å². The first-order chi connectivity index (χ1) is 9.11. The van der Waals surface area contributed by atoms with Gasteiger partial charge >= 0.3 is 121 Å². The summed E-state index contributed by atoms with van der Waals surface area (Å²) < 4.78 is 1.14. The van der Waals surface area contributed by atoms with Crippen molar-refractivity contribution >= 4 is 25.9 Å². The van der Waals surface area contributed by atoms with Gasteiger partial charge in [-0.15, -0.1) is 0 Å². The number of nitrogens with one attached hydrogen (secondary N) is 1. The van der Waals surface area contributed by atoms with Gasteiger partial charge in [-0.05, 0) is 0 Å². The number of aliphatic hydroxyl groups excluding tert-OH is 1. The fourth-order valence-corrected chi connectivity index (χ4v) is 4.34. The Balaban J connectivity index is 1.98. The van der Waals surface area contributed by atoms with Crippen LogP contribution in [0.25, 0.3) is 0 Å². The van der Waals surface area contributed by atoms with Gasteiger partial charge in [0.15, 0.2) is 0 Å². The molecule has 0 bridgehead atoms. The van der Waals surface area contributed by atoms with E-state index in [-0.39, 0.29) is 27.8 Å². The molecular formula is C13H23AsN4O. The van der Waals surface area contributed by atoms with Gasteiger partial charge in [0.25, 0.3) is 0 Å². The van der Waals surface area contributed by atoms with E-state index in [1.54, 1.807) is 0 Å². The SMILES string of the molecule is CC(C)(CO)C[AsH]c1cc(N2CCNCC2)cnn1. The molecule has 2 rings (SSSR count).